The van der Waals surface area contributed by atoms with E-state index >= 15 is 0 Å². The maximum absolute atomic E-state index is 6.07. The molecule has 4 nitrogen and oxygen atoms in total. The molecule has 0 atom stereocenters. The van der Waals surface area contributed by atoms with Crippen molar-refractivity contribution in [3.8, 4) is 0 Å². The van der Waals surface area contributed by atoms with E-state index in [-0.39, 0.29) is 6.10 Å². The highest BCUT2D eigenvalue weighted by molar-refractivity contribution is 6.66. The summed E-state index contributed by atoms with van der Waals surface area (Å²) < 4.78 is 6.07. The molecule has 0 heterocycles. The van der Waals surface area contributed by atoms with Gasteiger partial charge in [-0.3, -0.25) is 14.9 Å². The van der Waals surface area contributed by atoms with Crippen LogP contribution < -0.4 is 14.9 Å². The zero-order valence-electron chi connectivity index (χ0n) is 11.5. The van der Waals surface area contributed by atoms with Crippen molar-refractivity contribution < 1.29 is 4.43 Å². The van der Waals surface area contributed by atoms with E-state index in [2.05, 4.69) is 49.6 Å². The zero-order valence-corrected chi connectivity index (χ0v) is 12.5. The van der Waals surface area contributed by atoms with Crippen LogP contribution >= 0.6 is 0 Å². The van der Waals surface area contributed by atoms with E-state index < -0.39 is 8.80 Å². The average molecular weight is 247 g/mol. The van der Waals surface area contributed by atoms with Crippen molar-refractivity contribution >= 4 is 8.80 Å². The number of unbranched alkanes of at least 4 members (excludes halogenated alkanes) is 1. The van der Waals surface area contributed by atoms with Gasteiger partial charge in [0, 0.05) is 6.10 Å². The minimum atomic E-state index is -2.15. The molecule has 0 aromatic carbocycles. The van der Waals surface area contributed by atoms with Crippen LogP contribution in [0.5, 0.6) is 0 Å². The summed E-state index contributed by atoms with van der Waals surface area (Å²) in [5.74, 6) is 0. The molecule has 0 aliphatic rings. The van der Waals surface area contributed by atoms with Gasteiger partial charge in [0.05, 0.1) is 0 Å². The number of nitrogens with one attached hydrogen (secondary N) is 3. The Hall–Kier alpha value is 0.0569. The maximum atomic E-state index is 6.07. The molecule has 0 aromatic heterocycles. The summed E-state index contributed by atoms with van der Waals surface area (Å²) in [5, 5.41) is 0. The topological polar surface area (TPSA) is 45.3 Å². The van der Waals surface area contributed by atoms with Crippen LogP contribution in [-0.2, 0) is 4.43 Å². The quantitative estimate of drug-likeness (QED) is 0.404. The first kappa shape index (κ1) is 16.1. The van der Waals surface area contributed by atoms with Gasteiger partial charge in [-0.15, -0.1) is 0 Å². The van der Waals surface area contributed by atoms with Gasteiger partial charge in [-0.1, -0.05) is 27.2 Å². The van der Waals surface area contributed by atoms with E-state index in [1.165, 1.54) is 12.8 Å². The Morgan fingerprint density at radius 1 is 1.00 bits per heavy atom. The zero-order chi connectivity index (χ0) is 12.4. The molecule has 0 aromatic rings. The van der Waals surface area contributed by atoms with Gasteiger partial charge >= 0.3 is 8.80 Å². The second-order valence-electron chi connectivity index (χ2n) is 4.19. The lowest BCUT2D eigenvalue weighted by atomic mass is 10.3. The standard InChI is InChI=1S/C11H29N3OSi/c1-6-9-10-14-16(12-7-2,13-8-3)15-11(4)5/h11-14H,6-10H2,1-5H3. The molecule has 0 spiro atoms. The first-order chi connectivity index (χ1) is 7.60. The molecule has 0 bridgehead atoms. The number of hydrogen-bond acceptors (Lipinski definition) is 4. The maximum Gasteiger partial charge on any atom is 0.440 e. The normalized spacial score (nSPS) is 12.4. The SMILES string of the molecule is CCCCN[Si](NCC)(NCC)OC(C)C. The third-order valence-corrected chi connectivity index (χ3v) is 5.44. The second-order valence-corrected chi connectivity index (χ2v) is 6.85. The van der Waals surface area contributed by atoms with E-state index in [1.54, 1.807) is 0 Å². The van der Waals surface area contributed by atoms with E-state index in [9.17, 15) is 0 Å². The van der Waals surface area contributed by atoms with Crippen molar-refractivity contribution in [1.82, 2.24) is 14.9 Å². The third kappa shape index (κ3) is 6.60. The molecule has 0 saturated heterocycles. The van der Waals surface area contributed by atoms with Crippen LogP contribution in [0.25, 0.3) is 0 Å². The van der Waals surface area contributed by atoms with Crippen molar-refractivity contribution in [1.29, 1.82) is 0 Å². The minimum Gasteiger partial charge on any atom is -0.378 e. The lowest BCUT2D eigenvalue weighted by Crippen LogP contribution is -2.75. The fourth-order valence-corrected chi connectivity index (χ4v) is 4.46. The fourth-order valence-electron chi connectivity index (χ4n) is 1.61. The van der Waals surface area contributed by atoms with Gasteiger partial charge in [-0.25, -0.2) is 0 Å². The Kier molecular flexibility index (Phi) is 9.16. The molecule has 0 rings (SSSR count). The summed E-state index contributed by atoms with van der Waals surface area (Å²) >= 11 is 0. The smallest absolute Gasteiger partial charge is 0.378 e. The first-order valence-corrected chi connectivity index (χ1v) is 8.43. The molecule has 98 valence electrons. The molecule has 0 unspecified atom stereocenters. The average Bonchev–Trinajstić information content (AvgIpc) is 2.17. The number of hydrogen-bond donors (Lipinski definition) is 3. The van der Waals surface area contributed by atoms with Crippen molar-refractivity contribution in [2.75, 3.05) is 19.6 Å². The molecule has 0 fully saturated rings. The Morgan fingerprint density at radius 2 is 1.56 bits per heavy atom. The van der Waals surface area contributed by atoms with Gasteiger partial charge in [0.25, 0.3) is 0 Å². The van der Waals surface area contributed by atoms with Gasteiger partial charge < -0.3 is 4.43 Å². The predicted octanol–water partition coefficient (Wildman–Crippen LogP) is 1.46. The first-order valence-electron chi connectivity index (χ1n) is 6.53. The van der Waals surface area contributed by atoms with Gasteiger partial charge in [-0.2, -0.15) is 0 Å². The second kappa shape index (κ2) is 9.12. The summed E-state index contributed by atoms with van der Waals surface area (Å²) in [4.78, 5) is 10.5. The molecule has 0 radical (unpaired) electrons. The third-order valence-electron chi connectivity index (χ3n) is 2.17. The summed E-state index contributed by atoms with van der Waals surface area (Å²) in [6.07, 6.45) is 2.63. The summed E-state index contributed by atoms with van der Waals surface area (Å²) in [5.41, 5.74) is 0. The molecule has 0 aliphatic carbocycles. The van der Waals surface area contributed by atoms with Crippen LogP contribution in [0.4, 0.5) is 0 Å². The van der Waals surface area contributed by atoms with Crippen molar-refractivity contribution in [3.63, 3.8) is 0 Å². The highest BCUT2D eigenvalue weighted by Gasteiger charge is 2.35. The van der Waals surface area contributed by atoms with Crippen LogP contribution in [0, 0.1) is 0 Å². The van der Waals surface area contributed by atoms with Crippen LogP contribution in [0.3, 0.4) is 0 Å². The van der Waals surface area contributed by atoms with E-state index in [0.29, 0.717) is 0 Å². The molecule has 0 aliphatic heterocycles. The minimum absolute atomic E-state index is 0.235. The molecule has 3 N–H and O–H groups in total. The van der Waals surface area contributed by atoms with E-state index in [4.69, 9.17) is 4.43 Å². The molecular formula is C11H29N3OSi. The van der Waals surface area contributed by atoms with Gasteiger partial charge in [0.2, 0.25) is 0 Å². The molecule has 5 heteroatoms. The molecule has 0 saturated carbocycles. The Balaban J connectivity index is 4.37. The largest absolute Gasteiger partial charge is 0.440 e. The van der Waals surface area contributed by atoms with E-state index in [1.807, 2.05) is 0 Å². The molecule has 0 amide bonds. The summed E-state index contributed by atoms with van der Waals surface area (Å²) in [6, 6.07) is 0. The summed E-state index contributed by atoms with van der Waals surface area (Å²) in [7, 11) is -2.15. The Bertz CT molecular complexity index is 161. The van der Waals surface area contributed by atoms with Gasteiger partial charge in [0.1, 0.15) is 0 Å². The number of rotatable bonds is 10. The van der Waals surface area contributed by atoms with Crippen LogP contribution in [0.15, 0.2) is 0 Å². The summed E-state index contributed by atoms with van der Waals surface area (Å²) in [6.45, 7) is 13.4. The Morgan fingerprint density at radius 3 is 1.94 bits per heavy atom. The van der Waals surface area contributed by atoms with Crippen LogP contribution in [-0.4, -0.2) is 34.5 Å². The monoisotopic (exact) mass is 247 g/mol. The van der Waals surface area contributed by atoms with Crippen LogP contribution in [0.2, 0.25) is 0 Å². The predicted molar refractivity (Wildman–Crippen MR) is 72.2 cm³/mol. The molecular weight excluding hydrogens is 218 g/mol. The fraction of sp³-hybridized carbons (Fsp3) is 1.00. The van der Waals surface area contributed by atoms with Crippen LogP contribution in [0.1, 0.15) is 47.5 Å². The Labute approximate surface area is 102 Å². The van der Waals surface area contributed by atoms with Gasteiger partial charge in [-0.05, 0) is 39.9 Å². The van der Waals surface area contributed by atoms with E-state index in [0.717, 1.165) is 19.6 Å². The van der Waals surface area contributed by atoms with Gasteiger partial charge in [0.15, 0.2) is 0 Å². The lowest BCUT2D eigenvalue weighted by Gasteiger charge is -2.33. The lowest BCUT2D eigenvalue weighted by molar-refractivity contribution is 0.202. The highest BCUT2D eigenvalue weighted by atomic mass is 28.4. The van der Waals surface area contributed by atoms with Crippen molar-refractivity contribution in [2.45, 2.75) is 53.6 Å². The van der Waals surface area contributed by atoms with Crippen molar-refractivity contribution in [3.05, 3.63) is 0 Å². The molecule has 16 heavy (non-hydrogen) atoms. The highest BCUT2D eigenvalue weighted by Crippen LogP contribution is 1.99. The van der Waals surface area contributed by atoms with Crippen molar-refractivity contribution in [2.24, 2.45) is 0 Å².